The minimum Gasteiger partial charge on any atom is -0.497 e. The van der Waals surface area contributed by atoms with Crippen LogP contribution in [0, 0.1) is 6.92 Å². The molecule has 0 fully saturated rings. The Kier molecular flexibility index (Phi) is 5.71. The van der Waals surface area contributed by atoms with E-state index >= 15 is 0 Å². The molecule has 3 aromatic carbocycles. The standard InChI is InChI=1S/C22H18Cl2N4O3/c1-12-8-19-20(27-28(26-19)14-4-6-15(30-2)7-5-14)11-18(12)25-22(29)13-9-16(23)21(31-3)17(24)10-13/h4-11H,1-3H3,(H,25,29). The van der Waals surface area contributed by atoms with Gasteiger partial charge in [0.25, 0.3) is 5.91 Å². The zero-order valence-corrected chi connectivity index (χ0v) is 18.5. The minimum atomic E-state index is -0.351. The summed E-state index contributed by atoms with van der Waals surface area (Å²) < 4.78 is 10.3. The average Bonchev–Trinajstić information content (AvgIpc) is 3.16. The molecule has 4 aromatic rings. The topological polar surface area (TPSA) is 78.3 Å². The van der Waals surface area contributed by atoms with Gasteiger partial charge in [-0.15, -0.1) is 10.2 Å². The molecule has 9 heteroatoms. The number of benzene rings is 3. The number of rotatable bonds is 5. The number of nitrogens with one attached hydrogen (secondary N) is 1. The van der Waals surface area contributed by atoms with Gasteiger partial charge < -0.3 is 14.8 Å². The molecule has 1 aromatic heterocycles. The number of ether oxygens (including phenoxy) is 2. The summed E-state index contributed by atoms with van der Waals surface area (Å²) in [7, 11) is 3.08. The summed E-state index contributed by atoms with van der Waals surface area (Å²) in [5.74, 6) is 0.726. The Balaban J connectivity index is 1.63. The molecule has 0 unspecified atom stereocenters. The lowest BCUT2D eigenvalue weighted by Gasteiger charge is -2.11. The van der Waals surface area contributed by atoms with Gasteiger partial charge in [0.15, 0.2) is 5.75 Å². The van der Waals surface area contributed by atoms with Crippen molar-refractivity contribution in [2.75, 3.05) is 19.5 Å². The highest BCUT2D eigenvalue weighted by Gasteiger charge is 2.16. The van der Waals surface area contributed by atoms with Crippen LogP contribution >= 0.6 is 23.2 Å². The highest BCUT2D eigenvalue weighted by Crippen LogP contribution is 2.34. The molecule has 7 nitrogen and oxygen atoms in total. The number of halogens is 2. The van der Waals surface area contributed by atoms with Crippen molar-refractivity contribution in [3.63, 3.8) is 0 Å². The number of aryl methyl sites for hydroxylation is 1. The summed E-state index contributed by atoms with van der Waals surface area (Å²) in [5.41, 5.74) is 3.92. The van der Waals surface area contributed by atoms with Crippen LogP contribution in [0.1, 0.15) is 15.9 Å². The van der Waals surface area contributed by atoms with E-state index in [-0.39, 0.29) is 16.0 Å². The molecule has 31 heavy (non-hydrogen) atoms. The van der Waals surface area contributed by atoms with E-state index in [4.69, 9.17) is 32.7 Å². The average molecular weight is 457 g/mol. The fourth-order valence-electron chi connectivity index (χ4n) is 3.11. The summed E-state index contributed by atoms with van der Waals surface area (Å²) in [5, 5.41) is 12.5. The molecule has 158 valence electrons. The number of hydrogen-bond donors (Lipinski definition) is 1. The van der Waals surface area contributed by atoms with Crippen LogP contribution in [0.15, 0.2) is 48.5 Å². The van der Waals surface area contributed by atoms with E-state index in [2.05, 4.69) is 15.5 Å². The summed E-state index contributed by atoms with van der Waals surface area (Å²) in [4.78, 5) is 14.3. The van der Waals surface area contributed by atoms with E-state index in [0.29, 0.717) is 28.0 Å². The monoisotopic (exact) mass is 456 g/mol. The zero-order valence-electron chi connectivity index (χ0n) is 16.9. The summed E-state index contributed by atoms with van der Waals surface area (Å²) >= 11 is 12.3. The molecular weight excluding hydrogens is 439 g/mol. The van der Waals surface area contributed by atoms with Gasteiger partial charge in [0, 0.05) is 11.3 Å². The predicted molar refractivity (Wildman–Crippen MR) is 121 cm³/mol. The van der Waals surface area contributed by atoms with Crippen LogP contribution in [0.25, 0.3) is 16.7 Å². The maximum Gasteiger partial charge on any atom is 0.255 e. The van der Waals surface area contributed by atoms with Gasteiger partial charge in [-0.2, -0.15) is 4.80 Å². The number of nitrogens with zero attached hydrogens (tertiary/aromatic N) is 3. The molecule has 1 amide bonds. The van der Waals surface area contributed by atoms with Crippen LogP contribution in [0.5, 0.6) is 11.5 Å². The Morgan fingerprint density at radius 3 is 2.13 bits per heavy atom. The number of hydrogen-bond acceptors (Lipinski definition) is 5. The van der Waals surface area contributed by atoms with Gasteiger partial charge in [-0.05, 0) is 61.0 Å². The molecule has 0 saturated carbocycles. The van der Waals surface area contributed by atoms with Gasteiger partial charge in [-0.3, -0.25) is 4.79 Å². The van der Waals surface area contributed by atoms with E-state index in [0.717, 1.165) is 17.0 Å². The van der Waals surface area contributed by atoms with Gasteiger partial charge >= 0.3 is 0 Å². The van der Waals surface area contributed by atoms with E-state index in [1.807, 2.05) is 37.3 Å². The number of amides is 1. The molecule has 0 aliphatic heterocycles. The van der Waals surface area contributed by atoms with Gasteiger partial charge in [0.05, 0.1) is 30.0 Å². The van der Waals surface area contributed by atoms with E-state index < -0.39 is 0 Å². The van der Waals surface area contributed by atoms with Crippen molar-refractivity contribution < 1.29 is 14.3 Å². The lowest BCUT2D eigenvalue weighted by atomic mass is 10.1. The lowest BCUT2D eigenvalue weighted by Crippen LogP contribution is -2.13. The highest BCUT2D eigenvalue weighted by atomic mass is 35.5. The Bertz CT molecular complexity index is 1260. The molecule has 0 aliphatic rings. The van der Waals surface area contributed by atoms with Gasteiger partial charge in [-0.1, -0.05) is 23.2 Å². The lowest BCUT2D eigenvalue weighted by molar-refractivity contribution is 0.102. The van der Waals surface area contributed by atoms with Crippen LogP contribution < -0.4 is 14.8 Å². The first-order chi connectivity index (χ1) is 14.9. The fraction of sp³-hybridized carbons (Fsp3) is 0.136. The Hall–Kier alpha value is -3.29. The quantitative estimate of drug-likeness (QED) is 0.440. The minimum absolute atomic E-state index is 0.259. The second-order valence-corrected chi connectivity index (χ2v) is 7.58. The largest absolute Gasteiger partial charge is 0.497 e. The van der Waals surface area contributed by atoms with Crippen molar-refractivity contribution in [3.05, 3.63) is 69.7 Å². The summed E-state index contributed by atoms with van der Waals surface area (Å²) in [6, 6.07) is 14.1. The first kappa shape index (κ1) is 21.0. The number of fused-ring (bicyclic) bond motifs is 1. The van der Waals surface area contributed by atoms with E-state index in [9.17, 15) is 4.79 Å². The van der Waals surface area contributed by atoms with E-state index in [1.54, 1.807) is 13.2 Å². The molecule has 0 atom stereocenters. The summed E-state index contributed by atoms with van der Waals surface area (Å²) in [6.45, 7) is 1.88. The third-order valence-corrected chi connectivity index (χ3v) is 5.30. The zero-order chi connectivity index (χ0) is 22.1. The first-order valence-corrected chi connectivity index (χ1v) is 10.0. The van der Waals surface area contributed by atoms with Crippen LogP contribution in [-0.2, 0) is 0 Å². The summed E-state index contributed by atoms with van der Waals surface area (Å²) in [6.07, 6.45) is 0. The normalized spacial score (nSPS) is 10.9. The molecule has 0 radical (unpaired) electrons. The first-order valence-electron chi connectivity index (χ1n) is 9.26. The van der Waals surface area contributed by atoms with Crippen LogP contribution in [0.4, 0.5) is 5.69 Å². The molecule has 0 aliphatic carbocycles. The smallest absolute Gasteiger partial charge is 0.255 e. The van der Waals surface area contributed by atoms with E-state index in [1.165, 1.54) is 24.0 Å². The van der Waals surface area contributed by atoms with Crippen molar-refractivity contribution in [1.82, 2.24) is 15.0 Å². The molecular formula is C22H18Cl2N4O3. The van der Waals surface area contributed by atoms with Crippen LogP contribution in [0.2, 0.25) is 10.0 Å². The molecule has 1 N–H and O–H groups in total. The van der Waals surface area contributed by atoms with Gasteiger partial charge in [0.1, 0.15) is 16.8 Å². The number of methoxy groups -OCH3 is 2. The highest BCUT2D eigenvalue weighted by molar-refractivity contribution is 6.37. The Morgan fingerprint density at radius 1 is 0.935 bits per heavy atom. The van der Waals surface area contributed by atoms with Crippen molar-refractivity contribution in [2.45, 2.75) is 6.92 Å². The second kappa shape index (κ2) is 8.45. The number of aromatic nitrogens is 3. The van der Waals surface area contributed by atoms with Crippen molar-refractivity contribution in [3.8, 4) is 17.2 Å². The Labute approximate surface area is 188 Å². The van der Waals surface area contributed by atoms with Crippen LogP contribution in [-0.4, -0.2) is 35.1 Å². The third kappa shape index (κ3) is 4.15. The fourth-order valence-corrected chi connectivity index (χ4v) is 3.76. The molecule has 4 rings (SSSR count). The van der Waals surface area contributed by atoms with Crippen molar-refractivity contribution in [1.29, 1.82) is 0 Å². The van der Waals surface area contributed by atoms with Crippen molar-refractivity contribution >= 4 is 45.8 Å². The molecule has 0 spiro atoms. The second-order valence-electron chi connectivity index (χ2n) is 6.77. The van der Waals surface area contributed by atoms with Gasteiger partial charge in [-0.25, -0.2) is 0 Å². The molecule has 0 bridgehead atoms. The maximum atomic E-state index is 12.8. The third-order valence-electron chi connectivity index (χ3n) is 4.74. The number of anilines is 1. The van der Waals surface area contributed by atoms with Crippen LogP contribution in [0.3, 0.4) is 0 Å². The Morgan fingerprint density at radius 2 is 1.55 bits per heavy atom. The molecule has 1 heterocycles. The van der Waals surface area contributed by atoms with Crippen molar-refractivity contribution in [2.24, 2.45) is 0 Å². The number of carbonyl (C=O) groups is 1. The van der Waals surface area contributed by atoms with Gasteiger partial charge in [0.2, 0.25) is 0 Å². The number of carbonyl (C=O) groups excluding carboxylic acids is 1. The maximum absolute atomic E-state index is 12.8. The SMILES string of the molecule is COc1ccc(-n2nc3cc(C)c(NC(=O)c4cc(Cl)c(OC)c(Cl)c4)cc3n2)cc1. The molecule has 0 saturated heterocycles. The predicted octanol–water partition coefficient (Wildman–Crippen LogP) is 5.31.